The predicted molar refractivity (Wildman–Crippen MR) is 83.6 cm³/mol. The second-order valence-corrected chi connectivity index (χ2v) is 5.97. The highest BCUT2D eigenvalue weighted by Crippen LogP contribution is 2.23. The Morgan fingerprint density at radius 1 is 1.43 bits per heavy atom. The van der Waals surface area contributed by atoms with Crippen molar-refractivity contribution in [3.8, 4) is 0 Å². The molecule has 1 aromatic carbocycles. The van der Waals surface area contributed by atoms with Gasteiger partial charge in [0.15, 0.2) is 0 Å². The van der Waals surface area contributed by atoms with Crippen LogP contribution in [0, 0.1) is 19.8 Å². The molecule has 2 aromatic rings. The van der Waals surface area contributed by atoms with E-state index in [0.29, 0.717) is 12.5 Å². The summed E-state index contributed by atoms with van der Waals surface area (Å²) in [4.78, 5) is 15.6. The van der Waals surface area contributed by atoms with E-state index in [9.17, 15) is 4.79 Å². The first kappa shape index (κ1) is 14.1. The third-order valence-electron chi connectivity index (χ3n) is 4.63. The summed E-state index contributed by atoms with van der Waals surface area (Å²) in [5, 5.41) is 4.16. The van der Waals surface area contributed by atoms with Crippen molar-refractivity contribution in [2.45, 2.75) is 33.3 Å². The molecule has 1 amide bonds. The smallest absolute Gasteiger partial charge is 0.251 e. The topological polar surface area (TPSA) is 54.1 Å². The second kappa shape index (κ2) is 5.53. The Balaban J connectivity index is 1.73. The zero-order chi connectivity index (χ0) is 15.0. The predicted octanol–water partition coefficient (Wildman–Crippen LogP) is 2.94. The maximum atomic E-state index is 12.3. The lowest BCUT2D eigenvalue weighted by Crippen LogP contribution is -2.31. The quantitative estimate of drug-likeness (QED) is 0.911. The van der Waals surface area contributed by atoms with Crippen LogP contribution in [0.5, 0.6) is 0 Å². The summed E-state index contributed by atoms with van der Waals surface area (Å²) in [6, 6.07) is 5.82. The Hall–Kier alpha value is -1.81. The highest BCUT2D eigenvalue weighted by Gasteiger charge is 2.24. The van der Waals surface area contributed by atoms with Gasteiger partial charge in [0.25, 0.3) is 5.91 Å². The minimum absolute atomic E-state index is 0.00532. The summed E-state index contributed by atoms with van der Waals surface area (Å²) in [5.74, 6) is 0.420. The monoisotopic (exact) mass is 286 g/mol. The van der Waals surface area contributed by atoms with Gasteiger partial charge in [-0.05, 0) is 51.0 Å². The van der Waals surface area contributed by atoms with Crippen molar-refractivity contribution in [1.29, 1.82) is 0 Å². The molecular formula is C17H22N2O2. The summed E-state index contributed by atoms with van der Waals surface area (Å²) in [5.41, 5.74) is 4.16. The Kier molecular flexibility index (Phi) is 3.72. The summed E-state index contributed by atoms with van der Waals surface area (Å²) in [7, 11) is 0. The van der Waals surface area contributed by atoms with Crippen molar-refractivity contribution < 1.29 is 9.53 Å². The third-order valence-corrected chi connectivity index (χ3v) is 4.63. The van der Waals surface area contributed by atoms with Crippen LogP contribution in [0.25, 0.3) is 10.9 Å². The van der Waals surface area contributed by atoms with Gasteiger partial charge in [0.05, 0.1) is 6.10 Å². The normalized spacial score (nSPS) is 21.9. The van der Waals surface area contributed by atoms with Crippen molar-refractivity contribution >= 4 is 16.8 Å². The maximum Gasteiger partial charge on any atom is 0.251 e. The highest BCUT2D eigenvalue weighted by molar-refractivity contribution is 5.99. The van der Waals surface area contributed by atoms with Crippen LogP contribution >= 0.6 is 0 Å². The minimum Gasteiger partial charge on any atom is -0.378 e. The molecule has 0 radical (unpaired) electrons. The van der Waals surface area contributed by atoms with Crippen molar-refractivity contribution in [1.82, 2.24) is 10.3 Å². The number of aromatic amines is 1. The van der Waals surface area contributed by atoms with Gasteiger partial charge in [0.2, 0.25) is 0 Å². The highest BCUT2D eigenvalue weighted by atomic mass is 16.5. The Bertz CT molecular complexity index is 675. The lowest BCUT2D eigenvalue weighted by Gasteiger charge is -2.14. The minimum atomic E-state index is -0.00532. The fraction of sp³-hybridized carbons (Fsp3) is 0.471. The first-order chi connectivity index (χ1) is 10.1. The molecule has 0 aliphatic carbocycles. The molecule has 2 heterocycles. The average Bonchev–Trinajstić information content (AvgIpc) is 3.01. The molecule has 112 valence electrons. The van der Waals surface area contributed by atoms with Crippen molar-refractivity contribution in [3.63, 3.8) is 0 Å². The number of hydrogen-bond acceptors (Lipinski definition) is 2. The van der Waals surface area contributed by atoms with Gasteiger partial charge in [-0.15, -0.1) is 0 Å². The van der Waals surface area contributed by atoms with E-state index in [0.717, 1.165) is 35.2 Å². The number of aryl methyl sites for hydroxylation is 2. The van der Waals surface area contributed by atoms with E-state index in [2.05, 4.69) is 31.1 Å². The molecule has 2 unspecified atom stereocenters. The molecular weight excluding hydrogens is 264 g/mol. The lowest BCUT2D eigenvalue weighted by molar-refractivity contribution is 0.0907. The molecule has 21 heavy (non-hydrogen) atoms. The molecule has 1 fully saturated rings. The van der Waals surface area contributed by atoms with Gasteiger partial charge >= 0.3 is 0 Å². The first-order valence-corrected chi connectivity index (χ1v) is 7.55. The molecule has 1 saturated heterocycles. The summed E-state index contributed by atoms with van der Waals surface area (Å²) in [6.45, 7) is 7.68. The summed E-state index contributed by atoms with van der Waals surface area (Å²) >= 11 is 0. The molecule has 1 aromatic heterocycles. The van der Waals surface area contributed by atoms with Gasteiger partial charge in [0.1, 0.15) is 0 Å². The number of ether oxygens (including phenoxy) is 1. The first-order valence-electron chi connectivity index (χ1n) is 7.55. The summed E-state index contributed by atoms with van der Waals surface area (Å²) < 4.78 is 5.52. The van der Waals surface area contributed by atoms with Gasteiger partial charge in [-0.2, -0.15) is 0 Å². The van der Waals surface area contributed by atoms with Crippen LogP contribution in [0.4, 0.5) is 0 Å². The molecule has 1 aliphatic heterocycles. The fourth-order valence-electron chi connectivity index (χ4n) is 2.97. The average molecular weight is 286 g/mol. The third kappa shape index (κ3) is 2.68. The number of carbonyl (C=O) groups is 1. The van der Waals surface area contributed by atoms with Gasteiger partial charge in [-0.1, -0.05) is 0 Å². The van der Waals surface area contributed by atoms with E-state index >= 15 is 0 Å². The Labute approximate surface area is 124 Å². The molecule has 4 nitrogen and oxygen atoms in total. The lowest BCUT2D eigenvalue weighted by atomic mass is 10.0. The van der Waals surface area contributed by atoms with Crippen LogP contribution in [0.2, 0.25) is 0 Å². The zero-order valence-corrected chi connectivity index (χ0v) is 12.8. The number of benzene rings is 1. The van der Waals surface area contributed by atoms with Gasteiger partial charge < -0.3 is 15.0 Å². The van der Waals surface area contributed by atoms with Crippen LogP contribution in [-0.2, 0) is 4.74 Å². The van der Waals surface area contributed by atoms with Gasteiger partial charge in [-0.25, -0.2) is 0 Å². The standard InChI is InChI=1S/C17H22N2O2/c1-10-11(2)19-16-5-4-13(8-15(10)16)17(20)18-9-14-6-7-21-12(14)3/h4-5,8,12,14,19H,6-7,9H2,1-3H3,(H,18,20). The van der Waals surface area contributed by atoms with Crippen LogP contribution in [0.3, 0.4) is 0 Å². The SMILES string of the molecule is Cc1[nH]c2ccc(C(=O)NCC3CCOC3C)cc2c1C. The molecule has 2 N–H and O–H groups in total. The maximum absolute atomic E-state index is 12.3. The van der Waals surface area contributed by atoms with E-state index in [1.54, 1.807) is 0 Å². The fourth-order valence-corrected chi connectivity index (χ4v) is 2.97. The van der Waals surface area contributed by atoms with E-state index in [1.165, 1.54) is 5.56 Å². The number of carbonyl (C=O) groups excluding carboxylic acids is 1. The molecule has 2 atom stereocenters. The summed E-state index contributed by atoms with van der Waals surface area (Å²) in [6.07, 6.45) is 1.26. The van der Waals surface area contributed by atoms with Crippen molar-refractivity contribution in [2.24, 2.45) is 5.92 Å². The van der Waals surface area contributed by atoms with Crippen LogP contribution in [-0.4, -0.2) is 30.1 Å². The molecule has 0 spiro atoms. The van der Waals surface area contributed by atoms with Crippen LogP contribution in [0.1, 0.15) is 35.0 Å². The molecule has 4 heteroatoms. The largest absolute Gasteiger partial charge is 0.378 e. The Morgan fingerprint density at radius 2 is 2.24 bits per heavy atom. The Morgan fingerprint density at radius 3 is 2.95 bits per heavy atom. The molecule has 0 bridgehead atoms. The van der Waals surface area contributed by atoms with Crippen molar-refractivity contribution in [3.05, 3.63) is 35.0 Å². The number of nitrogens with one attached hydrogen (secondary N) is 2. The van der Waals surface area contributed by atoms with Crippen LogP contribution < -0.4 is 5.32 Å². The number of amides is 1. The number of fused-ring (bicyclic) bond motifs is 1. The van der Waals surface area contributed by atoms with Crippen molar-refractivity contribution in [2.75, 3.05) is 13.2 Å². The number of rotatable bonds is 3. The van der Waals surface area contributed by atoms with E-state index in [4.69, 9.17) is 4.74 Å². The molecule has 1 aliphatic rings. The van der Waals surface area contributed by atoms with Gasteiger partial charge in [0, 0.05) is 41.2 Å². The number of hydrogen-bond donors (Lipinski definition) is 2. The number of H-pyrrole nitrogens is 1. The number of aromatic nitrogens is 1. The molecule has 3 rings (SSSR count). The van der Waals surface area contributed by atoms with E-state index in [-0.39, 0.29) is 12.0 Å². The second-order valence-electron chi connectivity index (χ2n) is 5.97. The van der Waals surface area contributed by atoms with E-state index in [1.807, 2.05) is 18.2 Å². The zero-order valence-electron chi connectivity index (χ0n) is 12.8. The molecule has 0 saturated carbocycles. The van der Waals surface area contributed by atoms with E-state index < -0.39 is 0 Å². The van der Waals surface area contributed by atoms with Crippen LogP contribution in [0.15, 0.2) is 18.2 Å². The van der Waals surface area contributed by atoms with Gasteiger partial charge in [-0.3, -0.25) is 4.79 Å².